The Morgan fingerprint density at radius 1 is 1.14 bits per heavy atom. The SMILES string of the molecule is CCOc1ccccc1N1CC[NH+](CC(=O)NCc2cccc(OC)c2)CC1. The first-order valence-electron chi connectivity index (χ1n) is 9.89. The van der Waals surface area contributed by atoms with Crippen LogP contribution in [0.15, 0.2) is 48.5 Å². The van der Waals surface area contributed by atoms with Crippen LogP contribution in [0.3, 0.4) is 0 Å². The summed E-state index contributed by atoms with van der Waals surface area (Å²) in [5, 5.41) is 3.02. The van der Waals surface area contributed by atoms with Crippen LogP contribution in [0.2, 0.25) is 0 Å². The fourth-order valence-electron chi connectivity index (χ4n) is 3.51. The predicted octanol–water partition coefficient (Wildman–Crippen LogP) is 1.12. The molecular weight excluding hydrogens is 354 g/mol. The number of piperazine rings is 1. The van der Waals surface area contributed by atoms with Gasteiger partial charge in [-0.25, -0.2) is 0 Å². The van der Waals surface area contributed by atoms with Gasteiger partial charge in [-0.15, -0.1) is 0 Å². The summed E-state index contributed by atoms with van der Waals surface area (Å²) in [5.41, 5.74) is 2.19. The van der Waals surface area contributed by atoms with Crippen molar-refractivity contribution in [3.63, 3.8) is 0 Å². The third-order valence-corrected chi connectivity index (χ3v) is 5.01. The number of hydrogen-bond acceptors (Lipinski definition) is 4. The fraction of sp³-hybridized carbons (Fsp3) is 0.409. The summed E-state index contributed by atoms with van der Waals surface area (Å²) in [6.45, 7) is 7.41. The minimum absolute atomic E-state index is 0.0842. The lowest BCUT2D eigenvalue weighted by Gasteiger charge is -2.34. The van der Waals surface area contributed by atoms with Gasteiger partial charge in [0.2, 0.25) is 0 Å². The van der Waals surface area contributed by atoms with Crippen molar-refractivity contribution in [3.05, 3.63) is 54.1 Å². The van der Waals surface area contributed by atoms with Crippen LogP contribution in [0.25, 0.3) is 0 Å². The Kier molecular flexibility index (Phi) is 7.14. The number of hydrogen-bond donors (Lipinski definition) is 2. The molecule has 0 unspecified atom stereocenters. The van der Waals surface area contributed by atoms with E-state index in [0.29, 0.717) is 19.7 Å². The molecule has 1 saturated heterocycles. The number of amides is 1. The van der Waals surface area contributed by atoms with E-state index in [2.05, 4.69) is 16.3 Å². The molecule has 150 valence electrons. The topological polar surface area (TPSA) is 55.2 Å². The van der Waals surface area contributed by atoms with Gasteiger partial charge < -0.3 is 24.6 Å². The lowest BCUT2D eigenvalue weighted by molar-refractivity contribution is -0.892. The Bertz CT molecular complexity index is 773. The van der Waals surface area contributed by atoms with Crippen LogP contribution < -0.4 is 24.6 Å². The zero-order chi connectivity index (χ0) is 19.8. The van der Waals surface area contributed by atoms with E-state index in [1.54, 1.807) is 7.11 Å². The number of nitrogens with zero attached hydrogens (tertiary/aromatic N) is 1. The fourth-order valence-corrected chi connectivity index (χ4v) is 3.51. The summed E-state index contributed by atoms with van der Waals surface area (Å²) >= 11 is 0. The smallest absolute Gasteiger partial charge is 0.275 e. The zero-order valence-electron chi connectivity index (χ0n) is 16.7. The van der Waals surface area contributed by atoms with E-state index in [4.69, 9.17) is 9.47 Å². The average Bonchev–Trinajstić information content (AvgIpc) is 2.74. The van der Waals surface area contributed by atoms with Crippen LogP contribution >= 0.6 is 0 Å². The van der Waals surface area contributed by atoms with E-state index >= 15 is 0 Å². The Morgan fingerprint density at radius 2 is 1.93 bits per heavy atom. The number of anilines is 1. The van der Waals surface area contributed by atoms with E-state index < -0.39 is 0 Å². The summed E-state index contributed by atoms with van der Waals surface area (Å²) in [6.07, 6.45) is 0. The molecule has 2 aromatic rings. The maximum atomic E-state index is 12.3. The molecule has 6 heteroatoms. The molecule has 1 heterocycles. The van der Waals surface area contributed by atoms with Crippen molar-refractivity contribution in [2.24, 2.45) is 0 Å². The van der Waals surface area contributed by atoms with Crippen molar-refractivity contribution in [2.75, 3.05) is 51.3 Å². The van der Waals surface area contributed by atoms with Crippen LogP contribution in [0.1, 0.15) is 12.5 Å². The van der Waals surface area contributed by atoms with Crippen LogP contribution in [-0.4, -0.2) is 52.3 Å². The van der Waals surface area contributed by atoms with E-state index in [1.807, 2.05) is 49.4 Å². The number of quaternary nitrogens is 1. The van der Waals surface area contributed by atoms with Gasteiger partial charge in [0.1, 0.15) is 11.5 Å². The Morgan fingerprint density at radius 3 is 2.68 bits per heavy atom. The van der Waals surface area contributed by atoms with Crippen molar-refractivity contribution in [1.82, 2.24) is 5.32 Å². The molecule has 0 saturated carbocycles. The van der Waals surface area contributed by atoms with E-state index in [0.717, 1.165) is 48.9 Å². The molecule has 3 rings (SSSR count). The highest BCUT2D eigenvalue weighted by molar-refractivity contribution is 5.76. The summed E-state index contributed by atoms with van der Waals surface area (Å²) in [4.78, 5) is 16.0. The lowest BCUT2D eigenvalue weighted by atomic mass is 10.2. The van der Waals surface area contributed by atoms with Crippen molar-refractivity contribution in [3.8, 4) is 11.5 Å². The molecule has 6 nitrogen and oxygen atoms in total. The number of methoxy groups -OCH3 is 1. The second-order valence-electron chi connectivity index (χ2n) is 6.94. The number of para-hydroxylation sites is 2. The van der Waals surface area contributed by atoms with Gasteiger partial charge >= 0.3 is 0 Å². The molecule has 1 aliphatic heterocycles. The highest BCUT2D eigenvalue weighted by Gasteiger charge is 2.23. The van der Waals surface area contributed by atoms with Crippen molar-refractivity contribution in [2.45, 2.75) is 13.5 Å². The molecule has 0 aromatic heterocycles. The predicted molar refractivity (Wildman–Crippen MR) is 110 cm³/mol. The number of benzene rings is 2. The van der Waals surface area contributed by atoms with E-state index in [-0.39, 0.29) is 5.91 Å². The maximum absolute atomic E-state index is 12.3. The quantitative estimate of drug-likeness (QED) is 0.716. The van der Waals surface area contributed by atoms with Crippen LogP contribution in [0.4, 0.5) is 5.69 Å². The third-order valence-electron chi connectivity index (χ3n) is 5.01. The van der Waals surface area contributed by atoms with Gasteiger partial charge in [-0.05, 0) is 36.8 Å². The van der Waals surface area contributed by atoms with E-state index in [9.17, 15) is 4.79 Å². The molecule has 1 amide bonds. The highest BCUT2D eigenvalue weighted by Crippen LogP contribution is 2.27. The second kappa shape index (κ2) is 9.99. The molecular formula is C22H30N3O3+. The Hall–Kier alpha value is -2.73. The van der Waals surface area contributed by atoms with Crippen LogP contribution in [-0.2, 0) is 11.3 Å². The second-order valence-corrected chi connectivity index (χ2v) is 6.94. The minimum Gasteiger partial charge on any atom is -0.497 e. The molecule has 28 heavy (non-hydrogen) atoms. The molecule has 1 aliphatic rings. The van der Waals surface area contributed by atoms with E-state index in [1.165, 1.54) is 4.90 Å². The summed E-state index contributed by atoms with van der Waals surface area (Å²) in [7, 11) is 1.65. The van der Waals surface area contributed by atoms with Crippen molar-refractivity contribution < 1.29 is 19.2 Å². The van der Waals surface area contributed by atoms with Gasteiger partial charge in [0.25, 0.3) is 5.91 Å². The molecule has 0 spiro atoms. The normalized spacial score (nSPS) is 14.6. The summed E-state index contributed by atoms with van der Waals surface area (Å²) in [5.74, 6) is 1.83. The van der Waals surface area contributed by atoms with Gasteiger partial charge in [-0.1, -0.05) is 24.3 Å². The zero-order valence-corrected chi connectivity index (χ0v) is 16.7. The largest absolute Gasteiger partial charge is 0.497 e. The minimum atomic E-state index is 0.0842. The monoisotopic (exact) mass is 384 g/mol. The summed E-state index contributed by atoms with van der Waals surface area (Å²) in [6, 6.07) is 15.9. The number of nitrogens with one attached hydrogen (secondary N) is 2. The first kappa shape index (κ1) is 20.0. The maximum Gasteiger partial charge on any atom is 0.275 e. The van der Waals surface area contributed by atoms with Crippen molar-refractivity contribution in [1.29, 1.82) is 0 Å². The average molecular weight is 385 g/mol. The molecule has 2 N–H and O–H groups in total. The van der Waals surface area contributed by atoms with Gasteiger partial charge in [0, 0.05) is 6.54 Å². The first-order chi connectivity index (χ1) is 13.7. The number of ether oxygens (including phenoxy) is 2. The number of rotatable bonds is 8. The van der Waals surface area contributed by atoms with Gasteiger partial charge in [0.05, 0.1) is 45.6 Å². The molecule has 0 aliphatic carbocycles. The number of carbonyl (C=O) groups excluding carboxylic acids is 1. The van der Waals surface area contributed by atoms with Gasteiger partial charge in [-0.3, -0.25) is 4.79 Å². The highest BCUT2D eigenvalue weighted by atomic mass is 16.5. The molecule has 1 fully saturated rings. The summed E-state index contributed by atoms with van der Waals surface area (Å²) < 4.78 is 11.0. The Labute approximate surface area is 167 Å². The molecule has 2 aromatic carbocycles. The van der Waals surface area contributed by atoms with Crippen LogP contribution in [0, 0.1) is 0 Å². The van der Waals surface area contributed by atoms with Gasteiger partial charge in [-0.2, -0.15) is 0 Å². The Balaban J connectivity index is 1.45. The standard InChI is InChI=1S/C22H29N3O3/c1-3-28-21-10-5-4-9-20(21)25-13-11-24(12-14-25)17-22(26)23-16-18-7-6-8-19(15-18)27-2/h4-10,15H,3,11-14,16-17H2,1-2H3,(H,23,26)/p+1. The van der Waals surface area contributed by atoms with Crippen molar-refractivity contribution >= 4 is 11.6 Å². The number of carbonyl (C=O) groups is 1. The third kappa shape index (κ3) is 5.39. The molecule has 0 atom stereocenters. The lowest BCUT2D eigenvalue weighted by Crippen LogP contribution is -3.15. The first-order valence-corrected chi connectivity index (χ1v) is 9.89. The molecule has 0 radical (unpaired) electrons. The van der Waals surface area contributed by atoms with Gasteiger partial charge in [0.15, 0.2) is 6.54 Å². The molecule has 0 bridgehead atoms. The van der Waals surface area contributed by atoms with Crippen LogP contribution in [0.5, 0.6) is 11.5 Å².